The summed E-state index contributed by atoms with van der Waals surface area (Å²) in [4.78, 5) is 11.4. The Bertz CT molecular complexity index is 525. The van der Waals surface area contributed by atoms with Gasteiger partial charge in [0.1, 0.15) is 0 Å². The molecule has 0 aliphatic carbocycles. The number of halogens is 2. The molecule has 16 heavy (non-hydrogen) atoms. The highest BCUT2D eigenvalue weighted by atomic mass is 35.5. The Hall–Kier alpha value is -0.660. The van der Waals surface area contributed by atoms with Crippen LogP contribution in [0.5, 0.6) is 0 Å². The highest BCUT2D eigenvalue weighted by Crippen LogP contribution is 2.22. The quantitative estimate of drug-likeness (QED) is 0.646. The van der Waals surface area contributed by atoms with Gasteiger partial charge in [-0.15, -0.1) is 0 Å². The SMILES string of the molecule is O=C(c1ccc(Cl)cc1Cl)C(O)S(=O)(=O)O. The minimum atomic E-state index is -4.86. The Morgan fingerprint density at radius 2 is 1.88 bits per heavy atom. The molecule has 1 rings (SSSR count). The third-order valence-corrected chi connectivity index (χ3v) is 3.03. The van der Waals surface area contributed by atoms with E-state index >= 15 is 0 Å². The first-order valence-electron chi connectivity index (χ1n) is 3.87. The maximum Gasteiger partial charge on any atom is 0.299 e. The van der Waals surface area contributed by atoms with E-state index < -0.39 is 21.3 Å². The van der Waals surface area contributed by atoms with E-state index in [1.54, 1.807) is 0 Å². The van der Waals surface area contributed by atoms with Gasteiger partial charge in [-0.05, 0) is 18.2 Å². The summed E-state index contributed by atoms with van der Waals surface area (Å²) >= 11 is 11.2. The molecular weight excluding hydrogens is 279 g/mol. The Labute approximate surface area is 101 Å². The van der Waals surface area contributed by atoms with E-state index in [2.05, 4.69) is 0 Å². The second-order valence-electron chi connectivity index (χ2n) is 2.86. The summed E-state index contributed by atoms with van der Waals surface area (Å²) in [6.07, 6.45) is 0. The van der Waals surface area contributed by atoms with Gasteiger partial charge in [0.05, 0.1) is 5.02 Å². The van der Waals surface area contributed by atoms with Crippen LogP contribution in [0.4, 0.5) is 0 Å². The monoisotopic (exact) mass is 284 g/mol. The lowest BCUT2D eigenvalue weighted by Crippen LogP contribution is -2.29. The van der Waals surface area contributed by atoms with Crippen LogP contribution in [0.1, 0.15) is 10.4 Å². The predicted molar refractivity (Wildman–Crippen MR) is 58.3 cm³/mol. The van der Waals surface area contributed by atoms with Crippen molar-refractivity contribution in [1.29, 1.82) is 0 Å². The van der Waals surface area contributed by atoms with Crippen LogP contribution in [0, 0.1) is 0 Å². The average Bonchev–Trinajstić information content (AvgIpc) is 2.14. The van der Waals surface area contributed by atoms with E-state index in [0.29, 0.717) is 0 Å². The van der Waals surface area contributed by atoms with Crippen molar-refractivity contribution in [3.8, 4) is 0 Å². The van der Waals surface area contributed by atoms with Crippen LogP contribution >= 0.6 is 23.2 Å². The molecule has 0 aliphatic rings. The molecule has 5 nitrogen and oxygen atoms in total. The first kappa shape index (κ1) is 13.4. The number of aliphatic hydroxyl groups excluding tert-OH is 1. The van der Waals surface area contributed by atoms with Crippen LogP contribution in [0.25, 0.3) is 0 Å². The molecule has 0 aliphatic heterocycles. The Kier molecular flexibility index (Phi) is 3.92. The van der Waals surface area contributed by atoms with Gasteiger partial charge in [-0.2, -0.15) is 8.42 Å². The third-order valence-electron chi connectivity index (χ3n) is 1.70. The normalized spacial score (nSPS) is 13.5. The van der Waals surface area contributed by atoms with Gasteiger partial charge in [0.25, 0.3) is 10.1 Å². The van der Waals surface area contributed by atoms with Crippen molar-refractivity contribution in [2.45, 2.75) is 5.44 Å². The molecule has 1 unspecified atom stereocenters. The molecule has 0 amide bonds. The van der Waals surface area contributed by atoms with Crippen molar-refractivity contribution < 1.29 is 22.9 Å². The summed E-state index contributed by atoms with van der Waals surface area (Å²) in [6, 6.07) is 3.67. The highest BCUT2D eigenvalue weighted by molar-refractivity contribution is 7.87. The number of rotatable bonds is 3. The van der Waals surface area contributed by atoms with Crippen molar-refractivity contribution >= 4 is 39.1 Å². The number of carbonyl (C=O) groups excluding carboxylic acids is 1. The van der Waals surface area contributed by atoms with E-state index in [1.807, 2.05) is 0 Å². The van der Waals surface area contributed by atoms with Gasteiger partial charge in [-0.25, -0.2) is 0 Å². The van der Waals surface area contributed by atoms with Crippen molar-refractivity contribution in [1.82, 2.24) is 0 Å². The standard InChI is InChI=1S/C8H6Cl2O5S/c9-4-1-2-5(6(10)3-4)7(11)8(12)16(13,14)15/h1-3,8,12H,(H,13,14,15). The third kappa shape index (κ3) is 2.93. The fourth-order valence-corrected chi connectivity index (χ4v) is 1.86. The molecule has 88 valence electrons. The second-order valence-corrected chi connectivity index (χ2v) is 5.18. The molecule has 0 radical (unpaired) electrons. The number of carbonyl (C=O) groups is 1. The van der Waals surface area contributed by atoms with Crippen molar-refractivity contribution in [3.05, 3.63) is 33.8 Å². The fraction of sp³-hybridized carbons (Fsp3) is 0.125. The topological polar surface area (TPSA) is 91.7 Å². The van der Waals surface area contributed by atoms with Crippen molar-refractivity contribution in [2.75, 3.05) is 0 Å². The van der Waals surface area contributed by atoms with Crippen LogP contribution in [0.15, 0.2) is 18.2 Å². The van der Waals surface area contributed by atoms with E-state index in [0.717, 1.165) is 6.07 Å². The van der Waals surface area contributed by atoms with Gasteiger partial charge >= 0.3 is 0 Å². The molecule has 1 aromatic carbocycles. The lowest BCUT2D eigenvalue weighted by molar-refractivity contribution is 0.0848. The summed E-state index contributed by atoms with van der Waals surface area (Å²) < 4.78 is 29.6. The van der Waals surface area contributed by atoms with E-state index in [4.69, 9.17) is 32.9 Å². The Morgan fingerprint density at radius 3 is 2.31 bits per heavy atom. The minimum absolute atomic E-state index is 0.111. The van der Waals surface area contributed by atoms with Gasteiger partial charge in [0, 0.05) is 10.6 Å². The van der Waals surface area contributed by atoms with Gasteiger partial charge in [0.2, 0.25) is 11.2 Å². The van der Waals surface area contributed by atoms with Crippen LogP contribution in [0.3, 0.4) is 0 Å². The first-order valence-corrected chi connectivity index (χ1v) is 6.13. The smallest absolute Gasteiger partial charge is 0.299 e. The number of hydrogen-bond acceptors (Lipinski definition) is 4. The van der Waals surface area contributed by atoms with Crippen LogP contribution in [-0.2, 0) is 10.1 Å². The molecule has 8 heteroatoms. The van der Waals surface area contributed by atoms with Gasteiger partial charge < -0.3 is 5.11 Å². The molecule has 0 saturated heterocycles. The number of ketones is 1. The molecule has 0 aromatic heterocycles. The molecular formula is C8H6Cl2O5S. The number of hydrogen-bond donors (Lipinski definition) is 2. The molecule has 0 spiro atoms. The number of benzene rings is 1. The highest BCUT2D eigenvalue weighted by Gasteiger charge is 2.30. The zero-order chi connectivity index (χ0) is 12.5. The van der Waals surface area contributed by atoms with Crippen LogP contribution in [0.2, 0.25) is 10.0 Å². The average molecular weight is 285 g/mol. The molecule has 2 N–H and O–H groups in total. The predicted octanol–water partition coefficient (Wildman–Crippen LogP) is 1.38. The first-order chi connectivity index (χ1) is 7.23. The lowest BCUT2D eigenvalue weighted by atomic mass is 10.1. The van der Waals surface area contributed by atoms with E-state index in [1.165, 1.54) is 12.1 Å². The largest absolute Gasteiger partial charge is 0.369 e. The van der Waals surface area contributed by atoms with E-state index in [9.17, 15) is 13.2 Å². The zero-order valence-corrected chi connectivity index (χ0v) is 9.92. The van der Waals surface area contributed by atoms with Gasteiger partial charge in [0.15, 0.2) is 0 Å². The molecule has 0 saturated carbocycles. The Morgan fingerprint density at radius 1 is 1.31 bits per heavy atom. The van der Waals surface area contributed by atoms with Crippen molar-refractivity contribution in [3.63, 3.8) is 0 Å². The van der Waals surface area contributed by atoms with Crippen molar-refractivity contribution in [2.24, 2.45) is 0 Å². The summed E-state index contributed by atoms with van der Waals surface area (Å²) in [5.41, 5.74) is -2.79. The summed E-state index contributed by atoms with van der Waals surface area (Å²) in [5, 5.41) is 9.16. The van der Waals surface area contributed by atoms with E-state index in [-0.39, 0.29) is 15.6 Å². The summed E-state index contributed by atoms with van der Waals surface area (Å²) in [6.45, 7) is 0. The second kappa shape index (κ2) is 4.68. The van der Waals surface area contributed by atoms with Crippen LogP contribution in [-0.4, -0.2) is 29.3 Å². The maximum absolute atomic E-state index is 11.4. The van der Waals surface area contributed by atoms with Crippen LogP contribution < -0.4 is 0 Å². The zero-order valence-electron chi connectivity index (χ0n) is 7.59. The Balaban J connectivity index is 3.16. The molecule has 0 fully saturated rings. The summed E-state index contributed by atoms with van der Waals surface area (Å²) in [7, 11) is -4.86. The molecule has 1 aromatic rings. The number of Topliss-reactive ketones (excluding diaryl/α,β-unsaturated/α-hetero) is 1. The lowest BCUT2D eigenvalue weighted by Gasteiger charge is -2.07. The fourth-order valence-electron chi connectivity index (χ4n) is 0.958. The maximum atomic E-state index is 11.4. The number of aliphatic hydroxyl groups is 1. The molecule has 0 bridgehead atoms. The molecule has 0 heterocycles. The van der Waals surface area contributed by atoms with Gasteiger partial charge in [-0.1, -0.05) is 23.2 Å². The minimum Gasteiger partial charge on any atom is -0.369 e. The summed E-state index contributed by atoms with van der Waals surface area (Å²) in [5.74, 6) is -1.22. The van der Waals surface area contributed by atoms with Gasteiger partial charge in [-0.3, -0.25) is 9.35 Å². The molecule has 1 atom stereocenters.